The molecule has 1 amide bonds. The molecule has 2 aromatic heterocycles. The van der Waals surface area contributed by atoms with Crippen LogP contribution in [-0.4, -0.2) is 48.0 Å². The van der Waals surface area contributed by atoms with Gasteiger partial charge in [-0.3, -0.25) is 19.6 Å². The highest BCUT2D eigenvalue weighted by Crippen LogP contribution is 2.25. The summed E-state index contributed by atoms with van der Waals surface area (Å²) >= 11 is 0. The molecular formula is C26H18F4N4O3. The molecule has 1 fully saturated rings. The first-order chi connectivity index (χ1) is 17.8. The minimum absolute atomic E-state index is 0.157. The molecule has 7 nitrogen and oxygen atoms in total. The van der Waals surface area contributed by atoms with E-state index < -0.39 is 40.5 Å². The third-order valence-electron chi connectivity index (χ3n) is 5.87. The zero-order valence-electron chi connectivity index (χ0n) is 19.1. The number of amides is 1. The molecule has 1 aliphatic heterocycles. The van der Waals surface area contributed by atoms with Gasteiger partial charge in [0.15, 0.2) is 23.3 Å². The van der Waals surface area contributed by atoms with Gasteiger partial charge in [-0.2, -0.15) is 0 Å². The fourth-order valence-electron chi connectivity index (χ4n) is 3.94. The molecule has 37 heavy (non-hydrogen) atoms. The number of halogens is 4. The first-order valence-corrected chi connectivity index (χ1v) is 11.2. The molecule has 0 atom stereocenters. The van der Waals surface area contributed by atoms with Crippen molar-refractivity contribution in [3.63, 3.8) is 0 Å². The van der Waals surface area contributed by atoms with Crippen molar-refractivity contribution in [2.45, 2.75) is 0 Å². The summed E-state index contributed by atoms with van der Waals surface area (Å²) in [5, 5.41) is 2.84. The Bertz CT molecular complexity index is 1540. The van der Waals surface area contributed by atoms with Crippen molar-refractivity contribution >= 4 is 34.0 Å². The van der Waals surface area contributed by atoms with Crippen LogP contribution in [0.25, 0.3) is 10.9 Å². The lowest BCUT2D eigenvalue weighted by Crippen LogP contribution is -2.36. The minimum atomic E-state index is -1.42. The Kier molecular flexibility index (Phi) is 6.53. The minimum Gasteiger partial charge on any atom is -0.378 e. The Labute approximate surface area is 207 Å². The molecule has 0 spiro atoms. The Balaban J connectivity index is 1.44. The Hall–Kier alpha value is -4.38. The summed E-state index contributed by atoms with van der Waals surface area (Å²) in [5.41, 5.74) is -0.00169. The summed E-state index contributed by atoms with van der Waals surface area (Å²) < 4.78 is 61.0. The van der Waals surface area contributed by atoms with Crippen molar-refractivity contribution in [3.8, 4) is 0 Å². The van der Waals surface area contributed by atoms with Gasteiger partial charge < -0.3 is 15.0 Å². The Morgan fingerprint density at radius 3 is 2.41 bits per heavy atom. The molecule has 1 N–H and O–H groups in total. The molecule has 0 saturated carbocycles. The van der Waals surface area contributed by atoms with Crippen LogP contribution in [0.3, 0.4) is 0 Å². The molecule has 2 aromatic carbocycles. The third kappa shape index (κ3) is 4.98. The highest BCUT2D eigenvalue weighted by atomic mass is 19.2. The molecule has 1 aliphatic rings. The zero-order valence-corrected chi connectivity index (χ0v) is 19.1. The van der Waals surface area contributed by atoms with Gasteiger partial charge in [-0.1, -0.05) is 0 Å². The lowest BCUT2D eigenvalue weighted by atomic mass is 10.0. The van der Waals surface area contributed by atoms with Crippen LogP contribution >= 0.6 is 0 Å². The standard InChI is InChI=1S/C26H18F4N4O3/c27-19-2-1-14(8-20(19)28)26(36)33-16-10-18(24(30)21(29)11-16)25(35)22-9-15-7-17(12-31-23(15)13-32-22)34-3-5-37-6-4-34/h1-2,7-13H,3-6H2,(H,33,36). The number of hydrogen-bond donors (Lipinski definition) is 1. The number of morpholine rings is 1. The summed E-state index contributed by atoms with van der Waals surface area (Å²) in [5.74, 6) is -7.02. The number of anilines is 2. The highest BCUT2D eigenvalue weighted by molar-refractivity contribution is 6.10. The fourth-order valence-corrected chi connectivity index (χ4v) is 3.94. The highest BCUT2D eigenvalue weighted by Gasteiger charge is 2.22. The van der Waals surface area contributed by atoms with Gasteiger partial charge in [-0.05, 0) is 36.4 Å². The maximum absolute atomic E-state index is 14.6. The second-order valence-electron chi connectivity index (χ2n) is 8.29. The van der Waals surface area contributed by atoms with Crippen LogP contribution in [0.2, 0.25) is 0 Å². The summed E-state index contributed by atoms with van der Waals surface area (Å²) in [6.07, 6.45) is 3.04. The number of nitrogens with zero attached hydrogens (tertiary/aromatic N) is 3. The van der Waals surface area contributed by atoms with E-state index in [0.717, 1.165) is 23.9 Å². The van der Waals surface area contributed by atoms with Gasteiger partial charge in [0.1, 0.15) is 5.69 Å². The fraction of sp³-hybridized carbons (Fsp3) is 0.154. The van der Waals surface area contributed by atoms with Crippen molar-refractivity contribution < 1.29 is 31.9 Å². The number of fused-ring (bicyclic) bond motifs is 1. The van der Waals surface area contributed by atoms with Gasteiger partial charge in [-0.15, -0.1) is 0 Å². The van der Waals surface area contributed by atoms with E-state index in [4.69, 9.17) is 4.74 Å². The number of rotatable bonds is 5. The molecule has 5 rings (SSSR count). The number of nitrogens with one attached hydrogen (secondary N) is 1. The molecule has 0 radical (unpaired) electrons. The first kappa shape index (κ1) is 24.3. The van der Waals surface area contributed by atoms with Gasteiger partial charge in [0.2, 0.25) is 5.78 Å². The monoisotopic (exact) mass is 510 g/mol. The van der Waals surface area contributed by atoms with Crippen molar-refractivity contribution in [1.82, 2.24) is 9.97 Å². The number of hydrogen-bond acceptors (Lipinski definition) is 6. The van der Waals surface area contributed by atoms with Crippen LogP contribution in [0.15, 0.2) is 54.9 Å². The van der Waals surface area contributed by atoms with Gasteiger partial charge in [0.25, 0.3) is 5.91 Å². The number of carbonyl (C=O) groups is 2. The van der Waals surface area contributed by atoms with Crippen LogP contribution in [0, 0.1) is 23.3 Å². The van der Waals surface area contributed by atoms with Crippen molar-refractivity contribution in [1.29, 1.82) is 0 Å². The lowest BCUT2D eigenvalue weighted by Gasteiger charge is -2.28. The van der Waals surface area contributed by atoms with E-state index >= 15 is 0 Å². The van der Waals surface area contributed by atoms with E-state index in [1.165, 1.54) is 12.3 Å². The lowest BCUT2D eigenvalue weighted by molar-refractivity contribution is 0.101. The van der Waals surface area contributed by atoms with E-state index in [1.54, 1.807) is 6.20 Å². The molecule has 3 heterocycles. The maximum atomic E-state index is 14.6. The van der Waals surface area contributed by atoms with Crippen LogP contribution < -0.4 is 10.2 Å². The largest absolute Gasteiger partial charge is 0.378 e. The second-order valence-corrected chi connectivity index (χ2v) is 8.29. The van der Waals surface area contributed by atoms with Crippen LogP contribution in [-0.2, 0) is 4.74 Å². The average molecular weight is 510 g/mol. The van der Waals surface area contributed by atoms with Gasteiger partial charge in [0.05, 0.1) is 42.4 Å². The third-order valence-corrected chi connectivity index (χ3v) is 5.87. The predicted octanol–water partition coefficient (Wildman–Crippen LogP) is 4.51. The first-order valence-electron chi connectivity index (χ1n) is 11.2. The SMILES string of the molecule is O=C(Nc1cc(F)c(F)c(C(=O)c2cc3cc(N4CCOCC4)cnc3cn2)c1)c1ccc(F)c(F)c1. The Morgan fingerprint density at radius 1 is 0.865 bits per heavy atom. The van der Waals surface area contributed by atoms with E-state index in [0.29, 0.717) is 49.3 Å². The summed E-state index contributed by atoms with van der Waals surface area (Å²) in [4.78, 5) is 36.0. The van der Waals surface area contributed by atoms with Crippen molar-refractivity contribution in [2.24, 2.45) is 0 Å². The summed E-state index contributed by atoms with van der Waals surface area (Å²) in [7, 11) is 0. The van der Waals surface area contributed by atoms with Crippen LogP contribution in [0.4, 0.5) is 28.9 Å². The Morgan fingerprint density at radius 2 is 1.65 bits per heavy atom. The second kappa shape index (κ2) is 9.94. The zero-order chi connectivity index (χ0) is 26.1. The van der Waals surface area contributed by atoms with E-state index in [1.807, 2.05) is 6.07 Å². The number of pyridine rings is 2. The molecule has 4 aromatic rings. The molecule has 0 aliphatic carbocycles. The maximum Gasteiger partial charge on any atom is 0.255 e. The molecule has 188 valence electrons. The van der Waals surface area contributed by atoms with E-state index in [2.05, 4.69) is 20.2 Å². The van der Waals surface area contributed by atoms with Crippen LogP contribution in [0.1, 0.15) is 26.4 Å². The number of carbonyl (C=O) groups excluding carboxylic acids is 2. The normalized spacial score (nSPS) is 13.6. The average Bonchev–Trinajstić information content (AvgIpc) is 2.91. The number of ether oxygens (including phenoxy) is 1. The van der Waals surface area contributed by atoms with Crippen LogP contribution in [0.5, 0.6) is 0 Å². The number of benzene rings is 2. The number of aromatic nitrogens is 2. The summed E-state index contributed by atoms with van der Waals surface area (Å²) in [6.45, 7) is 2.51. The summed E-state index contributed by atoms with van der Waals surface area (Å²) in [6, 6.07) is 7.32. The van der Waals surface area contributed by atoms with Gasteiger partial charge >= 0.3 is 0 Å². The number of ketones is 1. The van der Waals surface area contributed by atoms with E-state index in [-0.39, 0.29) is 16.9 Å². The van der Waals surface area contributed by atoms with E-state index in [9.17, 15) is 27.2 Å². The quantitative estimate of drug-likeness (QED) is 0.314. The molecule has 1 saturated heterocycles. The topological polar surface area (TPSA) is 84.4 Å². The van der Waals surface area contributed by atoms with Crippen molar-refractivity contribution in [2.75, 3.05) is 36.5 Å². The molecule has 0 unspecified atom stereocenters. The van der Waals surface area contributed by atoms with Gasteiger partial charge in [-0.25, -0.2) is 17.6 Å². The molecular weight excluding hydrogens is 492 g/mol. The van der Waals surface area contributed by atoms with Gasteiger partial charge in [0, 0.05) is 35.8 Å². The van der Waals surface area contributed by atoms with Crippen molar-refractivity contribution in [3.05, 3.63) is 94.9 Å². The molecule has 0 bridgehead atoms. The molecule has 11 heteroatoms. The predicted molar refractivity (Wildman–Crippen MR) is 127 cm³/mol. The smallest absolute Gasteiger partial charge is 0.255 e.